The largest absolute Gasteiger partial charge is 0.490 e. The zero-order chi connectivity index (χ0) is 24.1. The van der Waals surface area contributed by atoms with Crippen LogP contribution in [0.2, 0.25) is 15.1 Å². The maximum atomic E-state index is 12.4. The van der Waals surface area contributed by atoms with Gasteiger partial charge in [-0.25, -0.2) is 5.43 Å². The smallest absolute Gasteiger partial charge is 0.307 e. The Balaban J connectivity index is 1.42. The van der Waals surface area contributed by atoms with Crippen molar-refractivity contribution in [3.63, 3.8) is 0 Å². The molecule has 34 heavy (non-hydrogen) atoms. The highest BCUT2D eigenvalue weighted by Crippen LogP contribution is 2.30. The van der Waals surface area contributed by atoms with Gasteiger partial charge in [0.1, 0.15) is 12.2 Å². The second kappa shape index (κ2) is 10.8. The molecule has 0 saturated carbocycles. The summed E-state index contributed by atoms with van der Waals surface area (Å²) in [5.41, 5.74) is 4.60. The fraction of sp³-hybridized carbons (Fsp3) is 0.120. The third-order valence-electron chi connectivity index (χ3n) is 4.73. The molecule has 0 aliphatic rings. The van der Waals surface area contributed by atoms with Crippen molar-refractivity contribution in [2.24, 2.45) is 5.10 Å². The molecular weight excluding hydrogens is 499 g/mol. The van der Waals surface area contributed by atoms with E-state index in [1.165, 1.54) is 6.21 Å². The molecule has 1 heterocycles. The van der Waals surface area contributed by atoms with Crippen LogP contribution in [0.5, 0.6) is 11.5 Å². The molecule has 6 nitrogen and oxygen atoms in total. The number of hydrogen-bond acceptors (Lipinski definition) is 5. The number of halogens is 3. The first-order valence-electron chi connectivity index (χ1n) is 10.3. The SMILES string of the molecule is CCOc1cc(/C=N/NC(=O)c2cc3cc(Cl)ccc3o2)ccc1OCc1ccc(Cl)c(Cl)c1. The number of nitrogens with one attached hydrogen (secondary N) is 1. The van der Waals surface area contributed by atoms with Crippen molar-refractivity contribution < 1.29 is 18.7 Å². The predicted octanol–water partition coefficient (Wildman–Crippen LogP) is 7.13. The van der Waals surface area contributed by atoms with E-state index in [0.717, 1.165) is 10.9 Å². The van der Waals surface area contributed by atoms with Gasteiger partial charge < -0.3 is 13.9 Å². The minimum absolute atomic E-state index is 0.135. The number of benzene rings is 3. The lowest BCUT2D eigenvalue weighted by Gasteiger charge is -2.13. The Morgan fingerprint density at radius 3 is 2.62 bits per heavy atom. The van der Waals surface area contributed by atoms with Gasteiger partial charge in [0.05, 0.1) is 22.9 Å². The number of carbonyl (C=O) groups is 1. The Morgan fingerprint density at radius 1 is 0.971 bits per heavy atom. The van der Waals surface area contributed by atoms with E-state index >= 15 is 0 Å². The Bertz CT molecular complexity index is 1370. The van der Waals surface area contributed by atoms with Crippen LogP contribution in [0.3, 0.4) is 0 Å². The molecular formula is C25H19Cl3N2O4. The first kappa shape index (κ1) is 24.0. The molecule has 1 amide bonds. The van der Waals surface area contributed by atoms with Crippen molar-refractivity contribution >= 4 is 57.9 Å². The van der Waals surface area contributed by atoms with Crippen molar-refractivity contribution in [3.8, 4) is 11.5 Å². The lowest BCUT2D eigenvalue weighted by molar-refractivity contribution is 0.0929. The number of furan rings is 1. The van der Waals surface area contributed by atoms with Crippen LogP contribution in [0.4, 0.5) is 0 Å². The molecule has 174 valence electrons. The van der Waals surface area contributed by atoms with Crippen molar-refractivity contribution in [3.05, 3.63) is 92.6 Å². The van der Waals surface area contributed by atoms with E-state index in [9.17, 15) is 4.79 Å². The number of fused-ring (bicyclic) bond motifs is 1. The Labute approximate surface area is 211 Å². The van der Waals surface area contributed by atoms with Crippen molar-refractivity contribution in [1.29, 1.82) is 0 Å². The normalized spacial score (nSPS) is 11.2. The third-order valence-corrected chi connectivity index (χ3v) is 5.70. The van der Waals surface area contributed by atoms with Crippen LogP contribution >= 0.6 is 34.8 Å². The van der Waals surface area contributed by atoms with Crippen molar-refractivity contribution in [2.45, 2.75) is 13.5 Å². The van der Waals surface area contributed by atoms with E-state index in [1.807, 2.05) is 13.0 Å². The zero-order valence-electron chi connectivity index (χ0n) is 18.0. The molecule has 9 heteroatoms. The highest BCUT2D eigenvalue weighted by atomic mass is 35.5. The summed E-state index contributed by atoms with van der Waals surface area (Å²) in [6.07, 6.45) is 1.50. The topological polar surface area (TPSA) is 73.1 Å². The van der Waals surface area contributed by atoms with E-state index in [0.29, 0.717) is 50.9 Å². The zero-order valence-corrected chi connectivity index (χ0v) is 20.2. The molecule has 1 aromatic heterocycles. The Morgan fingerprint density at radius 2 is 1.82 bits per heavy atom. The van der Waals surface area contributed by atoms with Gasteiger partial charge in [0.15, 0.2) is 17.3 Å². The van der Waals surface area contributed by atoms with E-state index in [1.54, 1.807) is 54.6 Å². The average molecular weight is 518 g/mol. The maximum absolute atomic E-state index is 12.4. The summed E-state index contributed by atoms with van der Waals surface area (Å²) >= 11 is 18.0. The number of hydrogen-bond donors (Lipinski definition) is 1. The van der Waals surface area contributed by atoms with Crippen LogP contribution in [0, 0.1) is 0 Å². The predicted molar refractivity (Wildman–Crippen MR) is 135 cm³/mol. The summed E-state index contributed by atoms with van der Waals surface area (Å²) in [4.78, 5) is 12.4. The molecule has 1 N–H and O–H groups in total. The standard InChI is InChI=1S/C25H19Cl3N2O4/c1-2-32-23-10-15(4-7-22(23)33-14-16-3-6-19(27)20(28)9-16)13-29-30-25(31)24-12-17-11-18(26)5-8-21(17)34-24/h3-13H,2,14H2,1H3,(H,30,31)/b29-13+. The van der Waals surface area contributed by atoms with Crippen LogP contribution in [0.1, 0.15) is 28.6 Å². The van der Waals surface area contributed by atoms with Gasteiger partial charge in [-0.05, 0) is 72.6 Å². The first-order valence-corrected chi connectivity index (χ1v) is 11.4. The first-order chi connectivity index (χ1) is 16.4. The van der Waals surface area contributed by atoms with E-state index in [4.69, 9.17) is 48.7 Å². The number of amides is 1. The van der Waals surface area contributed by atoms with Crippen LogP contribution in [-0.4, -0.2) is 18.7 Å². The molecule has 3 aromatic carbocycles. The molecule has 4 rings (SSSR count). The molecule has 0 fully saturated rings. The van der Waals surface area contributed by atoms with Gasteiger partial charge in [0.25, 0.3) is 0 Å². The van der Waals surface area contributed by atoms with Gasteiger partial charge in [-0.1, -0.05) is 40.9 Å². The van der Waals surface area contributed by atoms with Crippen LogP contribution in [0.15, 0.2) is 70.2 Å². The lowest BCUT2D eigenvalue weighted by atomic mass is 10.2. The van der Waals surface area contributed by atoms with Crippen LogP contribution in [0.25, 0.3) is 11.0 Å². The summed E-state index contributed by atoms with van der Waals surface area (Å²) in [6, 6.07) is 17.4. The summed E-state index contributed by atoms with van der Waals surface area (Å²) in [5.74, 6) is 0.771. The summed E-state index contributed by atoms with van der Waals surface area (Å²) in [6.45, 7) is 2.63. The molecule has 0 aliphatic carbocycles. The molecule has 0 spiro atoms. The van der Waals surface area contributed by atoms with Crippen molar-refractivity contribution in [1.82, 2.24) is 5.43 Å². The monoisotopic (exact) mass is 516 g/mol. The second-order valence-electron chi connectivity index (χ2n) is 7.17. The van der Waals surface area contributed by atoms with Gasteiger partial charge >= 0.3 is 5.91 Å². The number of carbonyl (C=O) groups excluding carboxylic acids is 1. The van der Waals surface area contributed by atoms with Gasteiger partial charge in [0.2, 0.25) is 0 Å². The van der Waals surface area contributed by atoms with Crippen LogP contribution < -0.4 is 14.9 Å². The molecule has 0 radical (unpaired) electrons. The van der Waals surface area contributed by atoms with Crippen molar-refractivity contribution in [2.75, 3.05) is 6.61 Å². The lowest BCUT2D eigenvalue weighted by Crippen LogP contribution is -2.16. The fourth-order valence-corrected chi connectivity index (χ4v) is 3.63. The third kappa shape index (κ3) is 5.83. The van der Waals surface area contributed by atoms with Gasteiger partial charge in [0, 0.05) is 10.4 Å². The van der Waals surface area contributed by atoms with Crippen LogP contribution in [-0.2, 0) is 6.61 Å². The van der Waals surface area contributed by atoms with E-state index < -0.39 is 5.91 Å². The molecule has 0 atom stereocenters. The molecule has 0 unspecified atom stereocenters. The van der Waals surface area contributed by atoms with E-state index in [2.05, 4.69) is 10.5 Å². The quantitative estimate of drug-likeness (QED) is 0.199. The van der Waals surface area contributed by atoms with Gasteiger partial charge in [-0.15, -0.1) is 0 Å². The Hall–Kier alpha value is -3.19. The highest BCUT2D eigenvalue weighted by molar-refractivity contribution is 6.42. The average Bonchev–Trinajstić information content (AvgIpc) is 3.24. The Kier molecular flexibility index (Phi) is 7.63. The number of nitrogens with zero attached hydrogens (tertiary/aromatic N) is 1. The summed E-state index contributed by atoms with van der Waals surface area (Å²) in [5, 5.41) is 6.26. The van der Waals surface area contributed by atoms with Gasteiger partial charge in [-0.2, -0.15) is 5.10 Å². The minimum atomic E-state index is -0.477. The molecule has 4 aromatic rings. The van der Waals surface area contributed by atoms with Gasteiger partial charge in [-0.3, -0.25) is 4.79 Å². The fourth-order valence-electron chi connectivity index (χ4n) is 3.13. The minimum Gasteiger partial charge on any atom is -0.490 e. The second-order valence-corrected chi connectivity index (χ2v) is 8.42. The molecule has 0 saturated heterocycles. The number of hydrazone groups is 1. The maximum Gasteiger partial charge on any atom is 0.307 e. The summed E-state index contributed by atoms with van der Waals surface area (Å²) in [7, 11) is 0. The number of ether oxygens (including phenoxy) is 2. The molecule has 0 aliphatic heterocycles. The number of rotatable bonds is 8. The highest BCUT2D eigenvalue weighted by Gasteiger charge is 2.12. The van der Waals surface area contributed by atoms with E-state index in [-0.39, 0.29) is 5.76 Å². The summed E-state index contributed by atoms with van der Waals surface area (Å²) < 4.78 is 17.1. The molecule has 0 bridgehead atoms.